The lowest BCUT2D eigenvalue weighted by atomic mass is 10.2. The van der Waals surface area contributed by atoms with Gasteiger partial charge in [0.25, 0.3) is 11.8 Å². The van der Waals surface area contributed by atoms with Gasteiger partial charge in [0.1, 0.15) is 11.5 Å². The molecule has 3 rings (SSSR count). The van der Waals surface area contributed by atoms with Crippen LogP contribution in [-0.2, 0) is 4.79 Å². The number of hydrogen-bond acceptors (Lipinski definition) is 6. The van der Waals surface area contributed by atoms with Crippen LogP contribution < -0.4 is 20.2 Å². The molecule has 3 aromatic rings. The van der Waals surface area contributed by atoms with E-state index < -0.39 is 17.8 Å². The van der Waals surface area contributed by atoms with Gasteiger partial charge in [0, 0.05) is 20.6 Å². The lowest BCUT2D eigenvalue weighted by Gasteiger charge is -2.09. The van der Waals surface area contributed by atoms with Crippen molar-refractivity contribution in [1.29, 1.82) is 0 Å². The third-order valence-corrected chi connectivity index (χ3v) is 5.39. The zero-order valence-corrected chi connectivity index (χ0v) is 21.6. The van der Waals surface area contributed by atoms with Crippen molar-refractivity contribution >= 4 is 51.5 Å². The molecule has 0 fully saturated rings. The van der Waals surface area contributed by atoms with Gasteiger partial charge in [0.15, 0.2) is 0 Å². The molecule has 0 bridgehead atoms. The molecule has 0 unspecified atom stereocenters. The second-order valence-electron chi connectivity index (χ2n) is 7.43. The van der Waals surface area contributed by atoms with Crippen LogP contribution in [0.2, 0.25) is 5.02 Å². The van der Waals surface area contributed by atoms with Gasteiger partial charge in [-0.15, -0.1) is 0 Å². The van der Waals surface area contributed by atoms with E-state index in [1.807, 2.05) is 6.92 Å². The van der Waals surface area contributed by atoms with Crippen LogP contribution in [-0.4, -0.2) is 37.1 Å². The van der Waals surface area contributed by atoms with E-state index in [2.05, 4.69) is 31.8 Å². The summed E-state index contributed by atoms with van der Waals surface area (Å²) in [6.07, 6.45) is 2.23. The molecule has 0 spiro atoms. The molecule has 3 aromatic carbocycles. The van der Waals surface area contributed by atoms with Gasteiger partial charge in [-0.3, -0.25) is 9.59 Å². The smallest absolute Gasteiger partial charge is 0.343 e. The van der Waals surface area contributed by atoms with E-state index in [0.29, 0.717) is 34.1 Å². The quantitative estimate of drug-likeness (QED) is 0.154. The van der Waals surface area contributed by atoms with E-state index in [-0.39, 0.29) is 12.3 Å². The summed E-state index contributed by atoms with van der Waals surface area (Å²) in [5.74, 6) is -0.582. The molecular weight excluding hydrogens is 550 g/mol. The molecule has 0 saturated carbocycles. The summed E-state index contributed by atoms with van der Waals surface area (Å²) in [5.41, 5.74) is 3.51. The molecule has 186 valence electrons. The SMILES string of the molecule is CCCOc1ccc(C(=O)Oc2ccc(Br)cc2/C=N\NC(=O)CNC(=O)c2ccc(Cl)cc2)cc1. The number of hydrogen-bond donors (Lipinski definition) is 2. The molecule has 0 aliphatic rings. The summed E-state index contributed by atoms with van der Waals surface area (Å²) >= 11 is 9.17. The van der Waals surface area contributed by atoms with Crippen LogP contribution >= 0.6 is 27.5 Å². The van der Waals surface area contributed by atoms with Crippen LogP contribution in [0, 0.1) is 0 Å². The Bertz CT molecular complexity index is 1250. The molecule has 0 aliphatic heterocycles. The normalized spacial score (nSPS) is 10.6. The predicted molar refractivity (Wildman–Crippen MR) is 141 cm³/mol. The first kappa shape index (κ1) is 26.9. The molecule has 0 aliphatic carbocycles. The van der Waals surface area contributed by atoms with Crippen molar-refractivity contribution < 1.29 is 23.9 Å². The third-order valence-electron chi connectivity index (χ3n) is 4.65. The number of benzene rings is 3. The van der Waals surface area contributed by atoms with Gasteiger partial charge < -0.3 is 14.8 Å². The maximum absolute atomic E-state index is 12.6. The Morgan fingerprint density at radius 1 is 1.00 bits per heavy atom. The standard InChI is InChI=1S/C26H23BrClN3O5/c1-2-13-35-22-10-5-18(6-11-22)26(34)36-23-12-7-20(27)14-19(23)15-30-31-24(32)16-29-25(33)17-3-8-21(28)9-4-17/h3-12,14-15H,2,13,16H2,1H3,(H,29,33)(H,31,32)/b30-15-. The van der Waals surface area contributed by atoms with Crippen LogP contribution in [0.1, 0.15) is 39.6 Å². The van der Waals surface area contributed by atoms with Gasteiger partial charge in [-0.2, -0.15) is 5.10 Å². The van der Waals surface area contributed by atoms with E-state index in [9.17, 15) is 14.4 Å². The van der Waals surface area contributed by atoms with Crippen molar-refractivity contribution in [3.63, 3.8) is 0 Å². The van der Waals surface area contributed by atoms with Crippen LogP contribution in [0.25, 0.3) is 0 Å². The lowest BCUT2D eigenvalue weighted by Crippen LogP contribution is -2.34. The fourth-order valence-electron chi connectivity index (χ4n) is 2.86. The molecule has 0 heterocycles. The molecule has 2 amide bonds. The summed E-state index contributed by atoms with van der Waals surface area (Å²) in [4.78, 5) is 36.8. The number of halogens is 2. The first-order valence-electron chi connectivity index (χ1n) is 11.0. The molecule has 0 aromatic heterocycles. The van der Waals surface area contributed by atoms with Gasteiger partial charge >= 0.3 is 5.97 Å². The van der Waals surface area contributed by atoms with Crippen molar-refractivity contribution in [3.8, 4) is 11.5 Å². The van der Waals surface area contributed by atoms with Crippen LogP contribution in [0.5, 0.6) is 11.5 Å². The molecule has 10 heteroatoms. The van der Waals surface area contributed by atoms with E-state index in [4.69, 9.17) is 21.1 Å². The van der Waals surface area contributed by atoms with Crippen LogP contribution in [0.15, 0.2) is 76.3 Å². The van der Waals surface area contributed by atoms with Gasteiger partial charge in [0.05, 0.1) is 24.9 Å². The predicted octanol–water partition coefficient (Wildman–Crippen LogP) is 4.99. The summed E-state index contributed by atoms with van der Waals surface area (Å²) in [5, 5.41) is 6.90. The molecule has 2 N–H and O–H groups in total. The highest BCUT2D eigenvalue weighted by Crippen LogP contribution is 2.23. The van der Waals surface area contributed by atoms with Crippen molar-refractivity contribution in [3.05, 3.63) is 92.9 Å². The fraction of sp³-hybridized carbons (Fsp3) is 0.154. The van der Waals surface area contributed by atoms with Gasteiger partial charge in [0.2, 0.25) is 0 Å². The second kappa shape index (κ2) is 13.4. The number of nitrogens with one attached hydrogen (secondary N) is 2. The molecular formula is C26H23BrClN3O5. The summed E-state index contributed by atoms with van der Waals surface area (Å²) in [6.45, 7) is 2.32. The highest BCUT2D eigenvalue weighted by Gasteiger charge is 2.12. The second-order valence-corrected chi connectivity index (χ2v) is 8.78. The van der Waals surface area contributed by atoms with E-state index in [1.54, 1.807) is 66.7 Å². The molecule has 0 radical (unpaired) electrons. The van der Waals surface area contributed by atoms with Gasteiger partial charge in [-0.1, -0.05) is 34.5 Å². The Morgan fingerprint density at radius 2 is 1.69 bits per heavy atom. The largest absolute Gasteiger partial charge is 0.494 e. The van der Waals surface area contributed by atoms with E-state index in [0.717, 1.165) is 10.9 Å². The maximum Gasteiger partial charge on any atom is 0.343 e. The van der Waals surface area contributed by atoms with E-state index in [1.165, 1.54) is 6.21 Å². The summed E-state index contributed by atoms with van der Waals surface area (Å²) in [6, 6.07) is 17.9. The molecule has 0 atom stereocenters. The monoisotopic (exact) mass is 571 g/mol. The average molecular weight is 573 g/mol. The molecule has 0 saturated heterocycles. The average Bonchev–Trinajstić information content (AvgIpc) is 2.88. The molecule has 36 heavy (non-hydrogen) atoms. The van der Waals surface area contributed by atoms with Crippen molar-refractivity contribution in [1.82, 2.24) is 10.7 Å². The summed E-state index contributed by atoms with van der Waals surface area (Å²) in [7, 11) is 0. The molecule has 8 nitrogen and oxygen atoms in total. The third kappa shape index (κ3) is 8.21. The lowest BCUT2D eigenvalue weighted by molar-refractivity contribution is -0.120. The van der Waals surface area contributed by atoms with E-state index >= 15 is 0 Å². The minimum absolute atomic E-state index is 0.253. The Balaban J connectivity index is 1.57. The Morgan fingerprint density at radius 3 is 2.39 bits per heavy atom. The summed E-state index contributed by atoms with van der Waals surface area (Å²) < 4.78 is 11.8. The highest BCUT2D eigenvalue weighted by atomic mass is 79.9. The van der Waals surface area contributed by atoms with Crippen LogP contribution in [0.4, 0.5) is 0 Å². The van der Waals surface area contributed by atoms with Crippen molar-refractivity contribution in [2.24, 2.45) is 5.10 Å². The number of rotatable bonds is 10. The van der Waals surface area contributed by atoms with Crippen LogP contribution in [0.3, 0.4) is 0 Å². The number of hydrazone groups is 1. The van der Waals surface area contributed by atoms with Gasteiger partial charge in [-0.25, -0.2) is 10.2 Å². The first-order chi connectivity index (χ1) is 17.4. The zero-order chi connectivity index (χ0) is 25.9. The minimum Gasteiger partial charge on any atom is -0.494 e. The fourth-order valence-corrected chi connectivity index (χ4v) is 3.36. The Kier molecular flexibility index (Phi) is 10.0. The topological polar surface area (TPSA) is 106 Å². The van der Waals surface area contributed by atoms with Crippen molar-refractivity contribution in [2.45, 2.75) is 13.3 Å². The van der Waals surface area contributed by atoms with Crippen molar-refractivity contribution in [2.75, 3.05) is 13.2 Å². The minimum atomic E-state index is -0.553. The number of carbonyl (C=O) groups is 3. The Hall–Kier alpha value is -3.69. The number of esters is 1. The number of amides is 2. The number of nitrogens with zero attached hydrogens (tertiary/aromatic N) is 1. The maximum atomic E-state index is 12.6. The van der Waals surface area contributed by atoms with Gasteiger partial charge in [-0.05, 0) is 73.2 Å². The number of carbonyl (C=O) groups excluding carboxylic acids is 3. The first-order valence-corrected chi connectivity index (χ1v) is 12.1. The Labute approximate surface area is 221 Å². The zero-order valence-electron chi connectivity index (χ0n) is 19.3. The number of ether oxygens (including phenoxy) is 2. The highest BCUT2D eigenvalue weighted by molar-refractivity contribution is 9.10.